The van der Waals surface area contributed by atoms with Gasteiger partial charge in [-0.3, -0.25) is 0 Å². The minimum Gasteiger partial charge on any atom is -0.481 e. The number of sulfonamides is 1. The Morgan fingerprint density at radius 3 is 2.50 bits per heavy atom. The van der Waals surface area contributed by atoms with Gasteiger partial charge in [0.05, 0.1) is 12.9 Å². The molecule has 0 spiro atoms. The molecule has 0 aliphatic carbocycles. The monoisotopic (exact) mass is 320 g/mol. The van der Waals surface area contributed by atoms with Crippen LogP contribution in [-0.4, -0.2) is 20.5 Å². The van der Waals surface area contributed by atoms with Gasteiger partial charge in [0.2, 0.25) is 15.9 Å². The van der Waals surface area contributed by atoms with E-state index in [0.717, 1.165) is 16.8 Å². The topological polar surface area (TPSA) is 68.3 Å². The summed E-state index contributed by atoms with van der Waals surface area (Å²) < 4.78 is 32.2. The van der Waals surface area contributed by atoms with Crippen LogP contribution >= 0.6 is 0 Å². The van der Waals surface area contributed by atoms with Crippen LogP contribution in [-0.2, 0) is 22.3 Å². The van der Waals surface area contributed by atoms with E-state index in [1.165, 1.54) is 7.11 Å². The number of nitrogens with one attached hydrogen (secondary N) is 1. The fourth-order valence-electron chi connectivity index (χ4n) is 2.09. The average molecular weight is 320 g/mol. The van der Waals surface area contributed by atoms with E-state index >= 15 is 0 Å². The van der Waals surface area contributed by atoms with Gasteiger partial charge >= 0.3 is 0 Å². The SMILES string of the molecule is COc1nc(C)ccc1CNS(=O)(=O)Cc1ccccc1C. The molecular weight excluding hydrogens is 300 g/mol. The zero-order valence-electron chi connectivity index (χ0n) is 13.0. The van der Waals surface area contributed by atoms with Gasteiger partial charge in [0, 0.05) is 17.8 Å². The summed E-state index contributed by atoms with van der Waals surface area (Å²) in [6.45, 7) is 3.91. The molecule has 0 aliphatic rings. The van der Waals surface area contributed by atoms with Crippen molar-refractivity contribution in [1.82, 2.24) is 9.71 Å². The van der Waals surface area contributed by atoms with Crippen molar-refractivity contribution < 1.29 is 13.2 Å². The Kier molecular flexibility index (Phi) is 5.15. The van der Waals surface area contributed by atoms with Gasteiger partial charge in [-0.15, -0.1) is 0 Å². The second-order valence-corrected chi connectivity index (χ2v) is 6.93. The first-order valence-electron chi connectivity index (χ1n) is 6.93. The van der Waals surface area contributed by atoms with Crippen molar-refractivity contribution in [3.63, 3.8) is 0 Å². The highest BCUT2D eigenvalue weighted by molar-refractivity contribution is 7.88. The first-order valence-corrected chi connectivity index (χ1v) is 8.59. The van der Waals surface area contributed by atoms with Gasteiger partial charge in [0.25, 0.3) is 0 Å². The molecule has 2 aromatic rings. The van der Waals surface area contributed by atoms with Crippen molar-refractivity contribution in [3.8, 4) is 5.88 Å². The lowest BCUT2D eigenvalue weighted by Gasteiger charge is -2.11. The van der Waals surface area contributed by atoms with Crippen molar-refractivity contribution in [3.05, 3.63) is 58.8 Å². The molecule has 1 heterocycles. The molecule has 0 amide bonds. The lowest BCUT2D eigenvalue weighted by molar-refractivity contribution is 0.391. The molecule has 0 unspecified atom stereocenters. The van der Waals surface area contributed by atoms with E-state index in [-0.39, 0.29) is 12.3 Å². The van der Waals surface area contributed by atoms with Crippen LogP contribution in [0.4, 0.5) is 0 Å². The normalized spacial score (nSPS) is 11.4. The molecule has 0 bridgehead atoms. The van der Waals surface area contributed by atoms with E-state index in [1.54, 1.807) is 0 Å². The Bertz CT molecular complexity index is 758. The third-order valence-electron chi connectivity index (χ3n) is 3.36. The number of hydrogen-bond acceptors (Lipinski definition) is 4. The lowest BCUT2D eigenvalue weighted by atomic mass is 10.1. The van der Waals surface area contributed by atoms with Crippen LogP contribution in [0.1, 0.15) is 22.4 Å². The molecule has 2 rings (SSSR count). The van der Waals surface area contributed by atoms with Crippen LogP contribution in [0.5, 0.6) is 5.88 Å². The number of benzene rings is 1. The van der Waals surface area contributed by atoms with Crippen LogP contribution in [0.2, 0.25) is 0 Å². The summed E-state index contributed by atoms with van der Waals surface area (Å²) in [4.78, 5) is 4.23. The quantitative estimate of drug-likeness (QED) is 0.887. The summed E-state index contributed by atoms with van der Waals surface area (Å²) in [5, 5.41) is 0. The number of aromatic nitrogens is 1. The molecule has 0 saturated carbocycles. The Morgan fingerprint density at radius 2 is 1.82 bits per heavy atom. The minimum atomic E-state index is -3.42. The van der Waals surface area contributed by atoms with Crippen LogP contribution < -0.4 is 9.46 Å². The van der Waals surface area contributed by atoms with Gasteiger partial charge in [0.15, 0.2) is 0 Å². The molecule has 0 fully saturated rings. The highest BCUT2D eigenvalue weighted by atomic mass is 32.2. The van der Waals surface area contributed by atoms with Crippen LogP contribution in [0.15, 0.2) is 36.4 Å². The number of aryl methyl sites for hydroxylation is 2. The van der Waals surface area contributed by atoms with E-state index < -0.39 is 10.0 Å². The Morgan fingerprint density at radius 1 is 1.09 bits per heavy atom. The van der Waals surface area contributed by atoms with Crippen LogP contribution in [0.3, 0.4) is 0 Å². The van der Waals surface area contributed by atoms with Crippen molar-refractivity contribution in [2.45, 2.75) is 26.1 Å². The number of pyridine rings is 1. The number of hydrogen-bond donors (Lipinski definition) is 1. The Balaban J connectivity index is 2.09. The molecule has 5 nitrogen and oxygen atoms in total. The van der Waals surface area contributed by atoms with E-state index in [2.05, 4.69) is 9.71 Å². The lowest BCUT2D eigenvalue weighted by Crippen LogP contribution is -2.25. The molecule has 6 heteroatoms. The van der Waals surface area contributed by atoms with Crippen molar-refractivity contribution >= 4 is 10.0 Å². The summed E-state index contributed by atoms with van der Waals surface area (Å²) in [7, 11) is -1.90. The maximum Gasteiger partial charge on any atom is 0.217 e. The number of nitrogens with zero attached hydrogens (tertiary/aromatic N) is 1. The highest BCUT2D eigenvalue weighted by Gasteiger charge is 2.14. The second-order valence-electron chi connectivity index (χ2n) is 5.13. The molecule has 0 radical (unpaired) electrons. The highest BCUT2D eigenvalue weighted by Crippen LogP contribution is 2.16. The summed E-state index contributed by atoms with van der Waals surface area (Å²) in [6, 6.07) is 11.1. The number of ether oxygens (including phenoxy) is 1. The minimum absolute atomic E-state index is 0.0404. The molecule has 1 aromatic heterocycles. The number of rotatable bonds is 6. The van der Waals surface area contributed by atoms with Gasteiger partial charge in [-0.1, -0.05) is 30.3 Å². The smallest absolute Gasteiger partial charge is 0.217 e. The van der Waals surface area contributed by atoms with E-state index in [4.69, 9.17) is 4.74 Å². The third kappa shape index (κ3) is 4.29. The van der Waals surface area contributed by atoms with Crippen LogP contribution in [0, 0.1) is 13.8 Å². The van der Waals surface area contributed by atoms with Gasteiger partial charge < -0.3 is 4.74 Å². The van der Waals surface area contributed by atoms with Gasteiger partial charge in [-0.05, 0) is 31.0 Å². The number of methoxy groups -OCH3 is 1. The van der Waals surface area contributed by atoms with Crippen molar-refractivity contribution in [1.29, 1.82) is 0 Å². The second kappa shape index (κ2) is 6.89. The molecule has 1 aromatic carbocycles. The predicted molar refractivity (Wildman–Crippen MR) is 86.2 cm³/mol. The summed E-state index contributed by atoms with van der Waals surface area (Å²) in [6.07, 6.45) is 0. The fourth-order valence-corrected chi connectivity index (χ4v) is 3.30. The molecule has 0 atom stereocenters. The Labute approximate surface area is 131 Å². The molecular formula is C16H20N2O3S. The molecule has 22 heavy (non-hydrogen) atoms. The van der Waals surface area contributed by atoms with Gasteiger partial charge in [-0.25, -0.2) is 18.1 Å². The third-order valence-corrected chi connectivity index (χ3v) is 4.64. The van der Waals surface area contributed by atoms with E-state index in [1.807, 2.05) is 50.2 Å². The van der Waals surface area contributed by atoms with Gasteiger partial charge in [0.1, 0.15) is 0 Å². The molecule has 0 saturated heterocycles. The zero-order chi connectivity index (χ0) is 16.2. The average Bonchev–Trinajstić information content (AvgIpc) is 2.48. The molecule has 1 N–H and O–H groups in total. The predicted octanol–water partition coefficient (Wildman–Crippen LogP) is 2.33. The fraction of sp³-hybridized carbons (Fsp3) is 0.312. The van der Waals surface area contributed by atoms with Crippen molar-refractivity contribution in [2.24, 2.45) is 0 Å². The largest absolute Gasteiger partial charge is 0.481 e. The summed E-state index contributed by atoms with van der Waals surface area (Å²) >= 11 is 0. The van der Waals surface area contributed by atoms with Crippen molar-refractivity contribution in [2.75, 3.05) is 7.11 Å². The van der Waals surface area contributed by atoms with Crippen LogP contribution in [0.25, 0.3) is 0 Å². The maximum atomic E-state index is 12.2. The standard InChI is InChI=1S/C16H20N2O3S/c1-12-6-4-5-7-15(12)11-22(19,20)17-10-14-9-8-13(2)18-16(14)21-3/h4-9,17H,10-11H2,1-3H3. The van der Waals surface area contributed by atoms with E-state index in [9.17, 15) is 8.42 Å². The summed E-state index contributed by atoms with van der Waals surface area (Å²) in [5.74, 6) is 0.403. The zero-order valence-corrected chi connectivity index (χ0v) is 13.8. The maximum absolute atomic E-state index is 12.2. The Hall–Kier alpha value is -1.92. The first-order chi connectivity index (χ1) is 10.4. The first kappa shape index (κ1) is 16.5. The van der Waals surface area contributed by atoms with Gasteiger partial charge in [-0.2, -0.15) is 0 Å². The van der Waals surface area contributed by atoms with E-state index in [0.29, 0.717) is 11.4 Å². The molecule has 118 valence electrons. The molecule has 0 aliphatic heterocycles. The summed E-state index contributed by atoms with van der Waals surface area (Å²) in [5.41, 5.74) is 3.29.